The van der Waals surface area contributed by atoms with Gasteiger partial charge in [0, 0.05) is 11.6 Å². The van der Waals surface area contributed by atoms with Crippen molar-refractivity contribution >= 4 is 11.6 Å². The van der Waals surface area contributed by atoms with Crippen molar-refractivity contribution in [1.82, 2.24) is 0 Å². The third-order valence-corrected chi connectivity index (χ3v) is 4.48. The van der Waals surface area contributed by atoms with Crippen molar-refractivity contribution in [2.24, 2.45) is 0 Å². The third-order valence-electron chi connectivity index (χ3n) is 4.48. The Hall–Kier alpha value is -1.84. The van der Waals surface area contributed by atoms with Crippen LogP contribution in [0.2, 0.25) is 0 Å². The largest absolute Gasteiger partial charge is 0.504 e. The molecule has 2 N–H and O–H groups in total. The van der Waals surface area contributed by atoms with E-state index in [0.717, 1.165) is 38.2 Å². The molecule has 0 saturated heterocycles. The second kappa shape index (κ2) is 12.5. The molecule has 0 spiro atoms. The van der Waals surface area contributed by atoms with Gasteiger partial charge in [0.1, 0.15) is 0 Å². The summed E-state index contributed by atoms with van der Waals surface area (Å²) < 4.78 is 0. The number of aliphatic hydroxyl groups excluding tert-OH is 2. The van der Waals surface area contributed by atoms with E-state index in [1.807, 2.05) is 0 Å². The smallest absolute Gasteiger partial charge is 0.227 e. The van der Waals surface area contributed by atoms with E-state index < -0.39 is 23.1 Å². The first-order chi connectivity index (χ1) is 12.1. The lowest BCUT2D eigenvalue weighted by Crippen LogP contribution is -2.19. The minimum Gasteiger partial charge on any atom is -0.504 e. The lowest BCUT2D eigenvalue weighted by Gasteiger charge is -2.12. The van der Waals surface area contributed by atoms with Gasteiger partial charge in [-0.3, -0.25) is 9.59 Å². The van der Waals surface area contributed by atoms with E-state index in [0.29, 0.717) is 6.42 Å². The van der Waals surface area contributed by atoms with Crippen molar-refractivity contribution in [3.8, 4) is 0 Å². The first-order valence-corrected chi connectivity index (χ1v) is 9.64. The van der Waals surface area contributed by atoms with Crippen molar-refractivity contribution in [2.75, 3.05) is 0 Å². The van der Waals surface area contributed by atoms with E-state index in [9.17, 15) is 19.8 Å². The van der Waals surface area contributed by atoms with Gasteiger partial charge in [-0.2, -0.15) is 0 Å². The lowest BCUT2D eigenvalue weighted by molar-refractivity contribution is -0.119. The Bertz CT molecular complexity index is 526. The van der Waals surface area contributed by atoms with E-state index in [2.05, 4.69) is 19.1 Å². The molecular formula is C21H32O4. The molecule has 4 heteroatoms. The number of hydrogen-bond donors (Lipinski definition) is 2. The molecule has 4 nitrogen and oxygen atoms in total. The van der Waals surface area contributed by atoms with Gasteiger partial charge in [0.15, 0.2) is 11.5 Å². The summed E-state index contributed by atoms with van der Waals surface area (Å²) in [5, 5.41) is 19.0. The average Bonchev–Trinajstić information content (AvgIpc) is 2.60. The van der Waals surface area contributed by atoms with Crippen LogP contribution >= 0.6 is 0 Å². The number of Topliss-reactive ketones (excluding diaryl/α,β-unsaturated/α-hetero) is 1. The zero-order chi connectivity index (χ0) is 18.5. The SMILES string of the molecule is CCCCCC/C=C\CCCCCCCC1=C(O)C(=O)C=C(O)C1=O. The molecule has 0 aromatic rings. The van der Waals surface area contributed by atoms with Gasteiger partial charge in [-0.25, -0.2) is 0 Å². The second-order valence-corrected chi connectivity index (χ2v) is 6.68. The van der Waals surface area contributed by atoms with Crippen LogP contribution in [-0.2, 0) is 9.59 Å². The molecule has 0 unspecified atom stereocenters. The first kappa shape index (κ1) is 21.2. The Morgan fingerprint density at radius 1 is 0.840 bits per heavy atom. The van der Waals surface area contributed by atoms with Crippen LogP contribution in [0, 0.1) is 0 Å². The zero-order valence-electron chi connectivity index (χ0n) is 15.4. The molecule has 0 bridgehead atoms. The predicted octanol–water partition coefficient (Wildman–Crippen LogP) is 5.65. The van der Waals surface area contributed by atoms with Gasteiger partial charge < -0.3 is 10.2 Å². The number of rotatable bonds is 13. The minimum atomic E-state index is -0.686. The van der Waals surface area contributed by atoms with Gasteiger partial charge in [0.2, 0.25) is 11.6 Å². The molecule has 25 heavy (non-hydrogen) atoms. The normalized spacial score (nSPS) is 15.3. The van der Waals surface area contributed by atoms with E-state index in [1.54, 1.807) is 0 Å². The molecule has 140 valence electrons. The fourth-order valence-corrected chi connectivity index (χ4v) is 2.92. The van der Waals surface area contributed by atoms with Crippen LogP contribution in [0.15, 0.2) is 35.3 Å². The Kier molecular flexibility index (Phi) is 10.6. The molecule has 0 aliphatic heterocycles. The van der Waals surface area contributed by atoms with Crippen molar-refractivity contribution in [3.63, 3.8) is 0 Å². The predicted molar refractivity (Wildman–Crippen MR) is 101 cm³/mol. The third kappa shape index (κ3) is 8.19. The van der Waals surface area contributed by atoms with E-state index >= 15 is 0 Å². The van der Waals surface area contributed by atoms with E-state index in [4.69, 9.17) is 0 Å². The van der Waals surface area contributed by atoms with Crippen LogP contribution < -0.4 is 0 Å². The molecule has 1 aliphatic rings. The first-order valence-electron chi connectivity index (χ1n) is 9.64. The summed E-state index contributed by atoms with van der Waals surface area (Å²) in [5.41, 5.74) is 0.0519. The lowest BCUT2D eigenvalue weighted by atomic mass is 9.95. The highest BCUT2D eigenvalue weighted by Crippen LogP contribution is 2.22. The van der Waals surface area contributed by atoms with Crippen molar-refractivity contribution < 1.29 is 19.8 Å². The number of allylic oxidation sites excluding steroid dienone is 4. The number of unbranched alkanes of at least 4 members (excludes halogenated alkanes) is 9. The zero-order valence-corrected chi connectivity index (χ0v) is 15.4. The summed E-state index contributed by atoms with van der Waals surface area (Å²) in [6.07, 6.45) is 18.3. The quantitative estimate of drug-likeness (QED) is 0.256. The molecule has 1 rings (SSSR count). The van der Waals surface area contributed by atoms with Crippen LogP contribution in [0.5, 0.6) is 0 Å². The van der Waals surface area contributed by atoms with Crippen molar-refractivity contribution in [2.45, 2.75) is 84.0 Å². The van der Waals surface area contributed by atoms with Gasteiger partial charge in [-0.05, 0) is 38.5 Å². The van der Waals surface area contributed by atoms with Gasteiger partial charge in [-0.1, -0.05) is 57.6 Å². The fraction of sp³-hybridized carbons (Fsp3) is 0.619. The van der Waals surface area contributed by atoms with Gasteiger partial charge in [0.25, 0.3) is 0 Å². The molecule has 0 atom stereocenters. The Morgan fingerprint density at radius 3 is 2.04 bits per heavy atom. The Morgan fingerprint density at radius 2 is 1.40 bits per heavy atom. The molecular weight excluding hydrogens is 316 g/mol. The number of aliphatic hydroxyl groups is 2. The highest BCUT2D eigenvalue weighted by Gasteiger charge is 2.27. The maximum absolute atomic E-state index is 11.7. The number of ketones is 2. The summed E-state index contributed by atoms with van der Waals surface area (Å²) in [6, 6.07) is 0. The van der Waals surface area contributed by atoms with Crippen LogP contribution in [0.25, 0.3) is 0 Å². The molecule has 1 aliphatic carbocycles. The van der Waals surface area contributed by atoms with Gasteiger partial charge in [0.05, 0.1) is 0 Å². The van der Waals surface area contributed by atoms with Crippen molar-refractivity contribution in [1.29, 1.82) is 0 Å². The molecule has 0 radical (unpaired) electrons. The molecule has 0 saturated carbocycles. The highest BCUT2D eigenvalue weighted by molar-refractivity contribution is 6.20. The summed E-state index contributed by atoms with van der Waals surface area (Å²) in [5.74, 6) is -2.39. The maximum Gasteiger partial charge on any atom is 0.227 e. The highest BCUT2D eigenvalue weighted by atomic mass is 16.3. The molecule has 0 aromatic heterocycles. The minimum absolute atomic E-state index is 0.0519. The number of carbonyl (C=O) groups is 2. The van der Waals surface area contributed by atoms with Gasteiger partial charge >= 0.3 is 0 Å². The number of carbonyl (C=O) groups excluding carboxylic acids is 2. The monoisotopic (exact) mass is 348 g/mol. The second-order valence-electron chi connectivity index (χ2n) is 6.68. The summed E-state index contributed by atoms with van der Waals surface area (Å²) >= 11 is 0. The summed E-state index contributed by atoms with van der Waals surface area (Å²) in [7, 11) is 0. The van der Waals surface area contributed by atoms with Crippen LogP contribution in [0.1, 0.15) is 84.0 Å². The van der Waals surface area contributed by atoms with E-state index in [1.165, 1.54) is 38.5 Å². The van der Waals surface area contributed by atoms with Crippen LogP contribution in [-0.4, -0.2) is 21.8 Å². The van der Waals surface area contributed by atoms with Crippen LogP contribution in [0.4, 0.5) is 0 Å². The van der Waals surface area contributed by atoms with Crippen molar-refractivity contribution in [3.05, 3.63) is 35.3 Å². The Labute approximate surface area is 151 Å². The molecule has 0 fully saturated rings. The molecule has 0 heterocycles. The topological polar surface area (TPSA) is 74.6 Å². The standard InChI is InChI=1S/C21H32O4/c1-2-3-4-5-6-7-8-9-10-11-12-13-14-15-17-20(24)18(22)16-19(23)21(17)25/h7-8,16,22,25H,2-6,9-15H2,1H3/b8-7-. The Balaban J connectivity index is 2.05. The molecule has 0 aromatic carbocycles. The summed E-state index contributed by atoms with van der Waals surface area (Å²) in [6.45, 7) is 2.23. The average molecular weight is 348 g/mol. The fourth-order valence-electron chi connectivity index (χ4n) is 2.92. The van der Waals surface area contributed by atoms with Gasteiger partial charge in [-0.15, -0.1) is 0 Å². The van der Waals surface area contributed by atoms with E-state index in [-0.39, 0.29) is 5.57 Å². The van der Waals surface area contributed by atoms with Crippen LogP contribution in [0.3, 0.4) is 0 Å². The summed E-state index contributed by atoms with van der Waals surface area (Å²) in [4.78, 5) is 23.1. The number of hydrogen-bond acceptors (Lipinski definition) is 4. The maximum atomic E-state index is 11.7. The molecule has 0 amide bonds.